The number of benzene rings is 1. The summed E-state index contributed by atoms with van der Waals surface area (Å²) < 4.78 is 0. The third-order valence-electron chi connectivity index (χ3n) is 4.03. The molecule has 0 bridgehead atoms. The van der Waals surface area contributed by atoms with Gasteiger partial charge < -0.3 is 5.11 Å². The number of hydrogen-bond acceptors (Lipinski definition) is 2. The van der Waals surface area contributed by atoms with Gasteiger partial charge in [0.15, 0.2) is 0 Å². The fraction of sp³-hybridized carbons (Fsp3) is 0.312. The fourth-order valence-electron chi connectivity index (χ4n) is 3.07. The van der Waals surface area contributed by atoms with E-state index in [4.69, 9.17) is 0 Å². The maximum Gasteiger partial charge on any atom is 0.0940 e. The summed E-state index contributed by atoms with van der Waals surface area (Å²) in [6.45, 7) is 1.92. The van der Waals surface area contributed by atoms with Crippen LogP contribution in [0.1, 0.15) is 36.0 Å². The van der Waals surface area contributed by atoms with E-state index in [2.05, 4.69) is 17.1 Å². The lowest BCUT2D eigenvalue weighted by molar-refractivity contribution is 0.0159. The Bertz CT molecular complexity index is 548. The van der Waals surface area contributed by atoms with Crippen LogP contribution in [0, 0.1) is 0 Å². The average Bonchev–Trinajstić information content (AvgIpc) is 2.40. The normalized spacial score (nSPS) is 26.7. The highest BCUT2D eigenvalue weighted by Gasteiger charge is 2.39. The molecule has 1 N–H and O–H groups in total. The Kier molecular flexibility index (Phi) is 2.67. The molecule has 3 rings (SSSR count). The molecule has 0 aliphatic heterocycles. The number of nitrogens with zero attached hydrogens (tertiary/aromatic N) is 1. The van der Waals surface area contributed by atoms with Crippen molar-refractivity contribution in [1.29, 1.82) is 0 Å². The standard InChI is InChI=1S/C16H17NO/c1-16(18)14-7-3-2-5-12(14)8-9-15(16)13-6-4-10-17-11-13/h2-7,10-11,15,18H,8-9H2,1H3/t15-,16-/m0/s1. The Morgan fingerprint density at radius 1 is 1.22 bits per heavy atom. The topological polar surface area (TPSA) is 33.1 Å². The lowest BCUT2D eigenvalue weighted by Gasteiger charge is -2.39. The highest BCUT2D eigenvalue weighted by molar-refractivity contribution is 5.39. The predicted octanol–water partition coefficient (Wildman–Crippen LogP) is 3.02. The highest BCUT2D eigenvalue weighted by atomic mass is 16.3. The van der Waals surface area contributed by atoms with Gasteiger partial charge >= 0.3 is 0 Å². The van der Waals surface area contributed by atoms with Crippen molar-refractivity contribution in [2.45, 2.75) is 31.3 Å². The molecule has 2 nitrogen and oxygen atoms in total. The van der Waals surface area contributed by atoms with Crippen LogP contribution in [0.25, 0.3) is 0 Å². The van der Waals surface area contributed by atoms with Gasteiger partial charge in [-0.3, -0.25) is 4.98 Å². The van der Waals surface area contributed by atoms with Crippen molar-refractivity contribution >= 4 is 0 Å². The fourth-order valence-corrected chi connectivity index (χ4v) is 3.07. The smallest absolute Gasteiger partial charge is 0.0940 e. The summed E-state index contributed by atoms with van der Waals surface area (Å²) >= 11 is 0. The molecule has 0 fully saturated rings. The van der Waals surface area contributed by atoms with Crippen molar-refractivity contribution < 1.29 is 5.11 Å². The molecule has 2 atom stereocenters. The third-order valence-corrected chi connectivity index (χ3v) is 4.03. The Labute approximate surface area is 107 Å². The van der Waals surface area contributed by atoms with E-state index in [-0.39, 0.29) is 5.92 Å². The minimum absolute atomic E-state index is 0.126. The minimum Gasteiger partial charge on any atom is -0.385 e. The summed E-state index contributed by atoms with van der Waals surface area (Å²) in [6.07, 6.45) is 5.63. The number of aromatic nitrogens is 1. The molecule has 1 aliphatic rings. The van der Waals surface area contributed by atoms with E-state index >= 15 is 0 Å². The number of pyridine rings is 1. The molecule has 92 valence electrons. The van der Waals surface area contributed by atoms with E-state index < -0.39 is 5.60 Å². The summed E-state index contributed by atoms with van der Waals surface area (Å²) in [5, 5.41) is 10.9. The summed E-state index contributed by atoms with van der Waals surface area (Å²) in [7, 11) is 0. The minimum atomic E-state index is -0.808. The maximum atomic E-state index is 10.9. The molecule has 2 aromatic rings. The van der Waals surface area contributed by atoms with E-state index in [0.29, 0.717) is 0 Å². The van der Waals surface area contributed by atoms with Gasteiger partial charge in [0, 0.05) is 18.3 Å². The first-order chi connectivity index (χ1) is 8.69. The Hall–Kier alpha value is -1.67. The van der Waals surface area contributed by atoms with Crippen LogP contribution in [0.3, 0.4) is 0 Å². The average molecular weight is 239 g/mol. The number of fused-ring (bicyclic) bond motifs is 1. The number of hydrogen-bond donors (Lipinski definition) is 1. The van der Waals surface area contributed by atoms with Crippen LogP contribution in [-0.2, 0) is 12.0 Å². The van der Waals surface area contributed by atoms with Crippen LogP contribution < -0.4 is 0 Å². The third kappa shape index (κ3) is 1.73. The maximum absolute atomic E-state index is 10.9. The Morgan fingerprint density at radius 2 is 2.06 bits per heavy atom. The van der Waals surface area contributed by atoms with E-state index in [1.165, 1.54) is 5.56 Å². The molecule has 0 saturated carbocycles. The molecule has 0 radical (unpaired) electrons. The molecule has 1 heterocycles. The largest absolute Gasteiger partial charge is 0.385 e. The van der Waals surface area contributed by atoms with Crippen molar-refractivity contribution in [2.24, 2.45) is 0 Å². The van der Waals surface area contributed by atoms with Crippen LogP contribution in [0.2, 0.25) is 0 Å². The molecule has 1 aromatic heterocycles. The van der Waals surface area contributed by atoms with Crippen molar-refractivity contribution in [3.05, 3.63) is 65.5 Å². The first-order valence-electron chi connectivity index (χ1n) is 6.40. The molecular formula is C16H17NO. The number of aryl methyl sites for hydroxylation is 1. The second-order valence-corrected chi connectivity index (χ2v) is 5.18. The lowest BCUT2D eigenvalue weighted by Crippen LogP contribution is -2.35. The zero-order valence-corrected chi connectivity index (χ0v) is 10.5. The first kappa shape index (κ1) is 11.4. The molecular weight excluding hydrogens is 222 g/mol. The molecule has 1 aromatic carbocycles. The molecule has 0 unspecified atom stereocenters. The molecule has 18 heavy (non-hydrogen) atoms. The Balaban J connectivity index is 2.06. The number of rotatable bonds is 1. The van der Waals surface area contributed by atoms with Gasteiger partial charge in [0.1, 0.15) is 0 Å². The molecule has 2 heteroatoms. The van der Waals surface area contributed by atoms with E-state index in [0.717, 1.165) is 24.0 Å². The van der Waals surface area contributed by atoms with Crippen LogP contribution in [-0.4, -0.2) is 10.1 Å². The van der Waals surface area contributed by atoms with E-state index in [1.54, 1.807) is 6.20 Å². The quantitative estimate of drug-likeness (QED) is 0.829. The van der Waals surface area contributed by atoms with Crippen molar-refractivity contribution in [3.63, 3.8) is 0 Å². The van der Waals surface area contributed by atoms with Gasteiger partial charge in [-0.2, -0.15) is 0 Å². The molecule has 0 amide bonds. The zero-order valence-electron chi connectivity index (χ0n) is 10.5. The van der Waals surface area contributed by atoms with Crippen LogP contribution >= 0.6 is 0 Å². The Morgan fingerprint density at radius 3 is 2.83 bits per heavy atom. The highest BCUT2D eigenvalue weighted by Crippen LogP contribution is 2.44. The molecule has 0 spiro atoms. The summed E-state index contributed by atoms with van der Waals surface area (Å²) in [4.78, 5) is 4.17. The molecule has 0 saturated heterocycles. The van der Waals surface area contributed by atoms with Gasteiger partial charge in [0.2, 0.25) is 0 Å². The summed E-state index contributed by atoms with van der Waals surface area (Å²) in [5.41, 5.74) is 2.64. The van der Waals surface area contributed by atoms with Crippen molar-refractivity contribution in [2.75, 3.05) is 0 Å². The van der Waals surface area contributed by atoms with Crippen molar-refractivity contribution in [1.82, 2.24) is 4.98 Å². The SMILES string of the molecule is C[C@]1(O)c2ccccc2CC[C@H]1c1cccnc1. The van der Waals surface area contributed by atoms with E-state index in [1.807, 2.05) is 37.4 Å². The zero-order chi connectivity index (χ0) is 12.6. The van der Waals surface area contributed by atoms with Gasteiger partial charge in [-0.15, -0.1) is 0 Å². The molecule has 1 aliphatic carbocycles. The number of aliphatic hydroxyl groups is 1. The van der Waals surface area contributed by atoms with E-state index in [9.17, 15) is 5.11 Å². The van der Waals surface area contributed by atoms with Crippen molar-refractivity contribution in [3.8, 4) is 0 Å². The van der Waals surface area contributed by atoms with Crippen LogP contribution in [0.15, 0.2) is 48.8 Å². The van der Waals surface area contributed by atoms with Gasteiger partial charge in [0.05, 0.1) is 5.60 Å². The van der Waals surface area contributed by atoms with Gasteiger partial charge in [-0.1, -0.05) is 30.3 Å². The van der Waals surface area contributed by atoms with Gasteiger partial charge in [0.25, 0.3) is 0 Å². The second-order valence-electron chi connectivity index (χ2n) is 5.18. The summed E-state index contributed by atoms with van der Waals surface area (Å²) in [6, 6.07) is 12.2. The second kappa shape index (κ2) is 4.21. The van der Waals surface area contributed by atoms with Gasteiger partial charge in [-0.25, -0.2) is 0 Å². The van der Waals surface area contributed by atoms with Gasteiger partial charge in [-0.05, 0) is 42.5 Å². The van der Waals surface area contributed by atoms with Crippen LogP contribution in [0.4, 0.5) is 0 Å². The van der Waals surface area contributed by atoms with Crippen LogP contribution in [0.5, 0.6) is 0 Å². The summed E-state index contributed by atoms with van der Waals surface area (Å²) in [5.74, 6) is 0.126. The monoisotopic (exact) mass is 239 g/mol. The first-order valence-corrected chi connectivity index (χ1v) is 6.40. The lowest BCUT2D eigenvalue weighted by atomic mass is 9.70. The predicted molar refractivity (Wildman–Crippen MR) is 71.3 cm³/mol.